The molecule has 204 valence electrons. The average Bonchev–Trinajstić information content (AvgIpc) is 2.88. The number of carboxylic acid groups (broad SMARTS) is 3. The summed E-state index contributed by atoms with van der Waals surface area (Å²) >= 11 is 11.3. The van der Waals surface area contributed by atoms with Crippen molar-refractivity contribution in [1.29, 1.82) is 0 Å². The summed E-state index contributed by atoms with van der Waals surface area (Å²) in [6.45, 7) is 0. The number of hydrogen-bond acceptors (Lipinski definition) is 6. The van der Waals surface area contributed by atoms with E-state index in [0.29, 0.717) is 29.3 Å². The highest BCUT2D eigenvalue weighted by Gasteiger charge is 2.12. The van der Waals surface area contributed by atoms with Gasteiger partial charge in [0.25, 0.3) is 0 Å². The summed E-state index contributed by atoms with van der Waals surface area (Å²) in [5.41, 5.74) is 18.8. The molecule has 3 aromatic rings. The molecule has 0 heterocycles. The van der Waals surface area contributed by atoms with Crippen LogP contribution in [0.3, 0.4) is 0 Å². The first-order valence-corrected chi connectivity index (χ1v) is 12.1. The molecular weight excluding hydrogens is 533 g/mol. The minimum atomic E-state index is -0.991. The van der Waals surface area contributed by atoms with Crippen LogP contribution in [0.1, 0.15) is 16.7 Å². The quantitative estimate of drug-likeness (QED) is 0.227. The summed E-state index contributed by atoms with van der Waals surface area (Å²) < 4.78 is 0. The Kier molecular flexibility index (Phi) is 14.7. The number of halogens is 2. The Morgan fingerprint density at radius 1 is 0.526 bits per heavy atom. The summed E-state index contributed by atoms with van der Waals surface area (Å²) in [7, 11) is 0. The van der Waals surface area contributed by atoms with Gasteiger partial charge in [-0.2, -0.15) is 0 Å². The van der Waals surface area contributed by atoms with Crippen molar-refractivity contribution in [2.75, 3.05) is 0 Å². The molecule has 0 amide bonds. The van der Waals surface area contributed by atoms with E-state index in [1.807, 2.05) is 30.3 Å². The van der Waals surface area contributed by atoms with E-state index in [2.05, 4.69) is 0 Å². The van der Waals surface area contributed by atoms with Crippen LogP contribution in [-0.4, -0.2) is 51.4 Å². The van der Waals surface area contributed by atoms with Gasteiger partial charge in [-0.3, -0.25) is 14.4 Å². The molecule has 0 saturated carbocycles. The summed E-state index contributed by atoms with van der Waals surface area (Å²) in [5, 5.41) is 26.9. The molecule has 0 aliphatic heterocycles. The molecule has 0 aliphatic rings. The summed E-state index contributed by atoms with van der Waals surface area (Å²) in [5.74, 6) is -2.94. The lowest BCUT2D eigenvalue weighted by Crippen LogP contribution is -2.32. The van der Waals surface area contributed by atoms with E-state index in [1.54, 1.807) is 48.5 Å². The minimum Gasteiger partial charge on any atom is -0.480 e. The van der Waals surface area contributed by atoms with Crippen molar-refractivity contribution >= 4 is 41.1 Å². The Bertz CT molecular complexity index is 1080. The molecule has 0 unspecified atom stereocenters. The van der Waals surface area contributed by atoms with Crippen LogP contribution in [0.5, 0.6) is 0 Å². The molecule has 3 aromatic carbocycles. The van der Waals surface area contributed by atoms with Crippen LogP contribution in [0.4, 0.5) is 0 Å². The maximum atomic E-state index is 10.4. The second kappa shape index (κ2) is 17.1. The maximum absolute atomic E-state index is 10.4. The molecule has 0 aliphatic carbocycles. The van der Waals surface area contributed by atoms with Crippen molar-refractivity contribution in [3.8, 4) is 0 Å². The molecule has 11 heteroatoms. The summed E-state index contributed by atoms with van der Waals surface area (Å²) in [6, 6.07) is 20.8. The average molecular weight is 564 g/mol. The van der Waals surface area contributed by atoms with E-state index in [4.69, 9.17) is 55.7 Å². The van der Waals surface area contributed by atoms with Crippen LogP contribution in [0.2, 0.25) is 10.0 Å². The monoisotopic (exact) mass is 563 g/mol. The first kappa shape index (κ1) is 32.6. The number of rotatable bonds is 9. The Morgan fingerprint density at radius 2 is 0.789 bits per heavy atom. The van der Waals surface area contributed by atoms with Gasteiger partial charge in [0.2, 0.25) is 0 Å². The number of benzene rings is 3. The molecule has 3 atom stereocenters. The van der Waals surface area contributed by atoms with E-state index >= 15 is 0 Å². The molecular formula is C27H31Cl2N3O6. The van der Waals surface area contributed by atoms with Crippen LogP contribution in [-0.2, 0) is 33.6 Å². The largest absolute Gasteiger partial charge is 0.480 e. The Hall–Kier alpha value is -3.47. The number of aliphatic carboxylic acids is 3. The van der Waals surface area contributed by atoms with Gasteiger partial charge in [0.15, 0.2) is 0 Å². The minimum absolute atomic E-state index is 0.326. The molecule has 0 aromatic heterocycles. The molecule has 0 radical (unpaired) electrons. The lowest BCUT2D eigenvalue weighted by Gasteiger charge is -2.05. The predicted molar refractivity (Wildman–Crippen MR) is 147 cm³/mol. The Labute approximate surface area is 230 Å². The molecule has 0 bridgehead atoms. The zero-order valence-corrected chi connectivity index (χ0v) is 21.9. The lowest BCUT2D eigenvalue weighted by molar-refractivity contribution is -0.139. The van der Waals surface area contributed by atoms with Gasteiger partial charge in [0.1, 0.15) is 18.1 Å². The van der Waals surface area contributed by atoms with Crippen molar-refractivity contribution in [1.82, 2.24) is 0 Å². The molecule has 3 rings (SSSR count). The van der Waals surface area contributed by atoms with Gasteiger partial charge in [-0.25, -0.2) is 0 Å². The van der Waals surface area contributed by atoms with E-state index in [0.717, 1.165) is 16.7 Å². The summed E-state index contributed by atoms with van der Waals surface area (Å²) in [6.07, 6.45) is 1.04. The van der Waals surface area contributed by atoms with Crippen LogP contribution in [0.25, 0.3) is 0 Å². The zero-order chi connectivity index (χ0) is 28.7. The fourth-order valence-corrected chi connectivity index (χ4v) is 3.13. The van der Waals surface area contributed by atoms with Crippen LogP contribution in [0, 0.1) is 0 Å². The van der Waals surface area contributed by atoms with Crippen LogP contribution >= 0.6 is 23.2 Å². The van der Waals surface area contributed by atoms with Crippen molar-refractivity contribution < 1.29 is 29.7 Å². The van der Waals surface area contributed by atoms with Crippen molar-refractivity contribution in [2.45, 2.75) is 37.4 Å². The van der Waals surface area contributed by atoms with Crippen LogP contribution < -0.4 is 17.2 Å². The maximum Gasteiger partial charge on any atom is 0.320 e. The fourth-order valence-electron chi connectivity index (χ4n) is 2.88. The zero-order valence-electron chi connectivity index (χ0n) is 20.4. The molecule has 0 fully saturated rings. The van der Waals surface area contributed by atoms with Crippen LogP contribution in [0.15, 0.2) is 78.9 Å². The Balaban J connectivity index is 0.000000285. The van der Waals surface area contributed by atoms with Gasteiger partial charge in [-0.05, 0) is 60.2 Å². The van der Waals surface area contributed by atoms with E-state index < -0.39 is 36.0 Å². The van der Waals surface area contributed by atoms with E-state index in [9.17, 15) is 14.4 Å². The van der Waals surface area contributed by atoms with Gasteiger partial charge in [-0.1, -0.05) is 77.8 Å². The Morgan fingerprint density at radius 3 is 1.05 bits per heavy atom. The van der Waals surface area contributed by atoms with Gasteiger partial charge >= 0.3 is 17.9 Å². The summed E-state index contributed by atoms with van der Waals surface area (Å²) in [4.78, 5) is 31.2. The van der Waals surface area contributed by atoms with Gasteiger partial charge < -0.3 is 32.5 Å². The lowest BCUT2D eigenvalue weighted by atomic mass is 10.1. The number of nitrogens with two attached hydrogens (primary N) is 3. The third kappa shape index (κ3) is 13.7. The van der Waals surface area contributed by atoms with Crippen molar-refractivity contribution in [3.63, 3.8) is 0 Å². The smallest absolute Gasteiger partial charge is 0.320 e. The highest BCUT2D eigenvalue weighted by atomic mass is 35.5. The standard InChI is InChI=1S/2C9H10ClNO2.C9H11NO2/c2*10-7-3-1-6(2-4-7)5-8(11)9(12)13;10-8(9(11)12)6-7-4-2-1-3-5-7/h2*1-4,8H,5,11H2,(H,12,13);1-5,8H,6,10H2,(H,11,12)/t3*8-/m000/s1. The van der Waals surface area contributed by atoms with Crippen molar-refractivity contribution in [3.05, 3.63) is 106 Å². The third-order valence-electron chi connectivity index (χ3n) is 4.99. The fraction of sp³-hybridized carbons (Fsp3) is 0.222. The predicted octanol–water partition coefficient (Wildman–Crippen LogP) is 3.23. The molecule has 9 N–H and O–H groups in total. The number of carbonyl (C=O) groups is 3. The van der Waals surface area contributed by atoms with Gasteiger partial charge in [0, 0.05) is 10.0 Å². The van der Waals surface area contributed by atoms with E-state index in [-0.39, 0.29) is 0 Å². The van der Waals surface area contributed by atoms with Crippen molar-refractivity contribution in [2.24, 2.45) is 17.2 Å². The second-order valence-corrected chi connectivity index (χ2v) is 9.06. The van der Waals surface area contributed by atoms with Gasteiger partial charge in [0.05, 0.1) is 0 Å². The highest BCUT2D eigenvalue weighted by Crippen LogP contribution is 2.11. The number of hydrogen-bond donors (Lipinski definition) is 6. The molecule has 0 spiro atoms. The SMILES string of the molecule is N[C@@H](Cc1ccc(Cl)cc1)C(=O)O.N[C@@H](Cc1ccc(Cl)cc1)C(=O)O.N[C@@H](Cc1ccccc1)C(=O)O. The van der Waals surface area contributed by atoms with E-state index in [1.165, 1.54) is 0 Å². The molecule has 38 heavy (non-hydrogen) atoms. The normalized spacial score (nSPS) is 12.4. The first-order chi connectivity index (χ1) is 17.9. The number of carboxylic acids is 3. The molecule has 9 nitrogen and oxygen atoms in total. The van der Waals surface area contributed by atoms with Gasteiger partial charge in [-0.15, -0.1) is 0 Å². The highest BCUT2D eigenvalue weighted by molar-refractivity contribution is 6.30. The molecule has 0 saturated heterocycles. The third-order valence-corrected chi connectivity index (χ3v) is 5.49. The second-order valence-electron chi connectivity index (χ2n) is 8.19. The first-order valence-electron chi connectivity index (χ1n) is 11.4. The topological polar surface area (TPSA) is 190 Å².